The molecule has 4 aliphatic carbocycles. The number of piperidine rings is 1. The summed E-state index contributed by atoms with van der Waals surface area (Å²) in [4.78, 5) is 0. The molecule has 0 aromatic heterocycles. The van der Waals surface area contributed by atoms with Crippen LogP contribution in [0.1, 0.15) is 91.4 Å². The van der Waals surface area contributed by atoms with Crippen molar-refractivity contribution >= 4 is 0 Å². The Morgan fingerprint density at radius 2 is 1.71 bits per heavy atom. The van der Waals surface area contributed by atoms with Crippen LogP contribution in [0.15, 0.2) is 0 Å². The van der Waals surface area contributed by atoms with Crippen molar-refractivity contribution in [1.82, 2.24) is 5.32 Å². The molecule has 0 radical (unpaired) electrons. The zero-order valence-corrected chi connectivity index (χ0v) is 18.6. The Morgan fingerprint density at radius 1 is 0.857 bits per heavy atom. The summed E-state index contributed by atoms with van der Waals surface area (Å²) >= 11 is 0. The van der Waals surface area contributed by atoms with Gasteiger partial charge in [0, 0.05) is 12.5 Å². The van der Waals surface area contributed by atoms with Crippen molar-refractivity contribution in [3.63, 3.8) is 0 Å². The minimum Gasteiger partial charge on any atom is -0.357 e. The largest absolute Gasteiger partial charge is 0.357 e. The van der Waals surface area contributed by atoms with Crippen molar-refractivity contribution in [2.45, 2.75) is 103 Å². The van der Waals surface area contributed by atoms with E-state index < -0.39 is 0 Å². The molecule has 1 spiro atoms. The molecular weight excluding hydrogens is 342 g/mol. The van der Waals surface area contributed by atoms with Crippen molar-refractivity contribution in [3.8, 4) is 0 Å². The Labute approximate surface area is 172 Å². The van der Waals surface area contributed by atoms with Crippen LogP contribution in [0.2, 0.25) is 0 Å². The van der Waals surface area contributed by atoms with Gasteiger partial charge in [-0.05, 0) is 98.2 Å². The summed E-state index contributed by atoms with van der Waals surface area (Å²) in [5.74, 6) is 7.50. The third-order valence-electron chi connectivity index (χ3n) is 11.4. The van der Waals surface area contributed by atoms with Crippen molar-refractivity contribution < 1.29 is 4.74 Å². The molecule has 11 atom stereocenters. The molecule has 0 aromatic carbocycles. The number of rotatable bonds is 0. The molecule has 0 amide bonds. The molecule has 0 aromatic rings. The van der Waals surface area contributed by atoms with E-state index in [9.17, 15) is 0 Å². The number of fused-ring (bicyclic) bond motifs is 7. The smallest absolute Gasteiger partial charge is 0.122 e. The van der Waals surface area contributed by atoms with E-state index in [0.717, 1.165) is 48.0 Å². The van der Waals surface area contributed by atoms with Gasteiger partial charge in [0.1, 0.15) is 5.72 Å². The van der Waals surface area contributed by atoms with Crippen LogP contribution in [0.25, 0.3) is 0 Å². The van der Waals surface area contributed by atoms with Gasteiger partial charge >= 0.3 is 0 Å². The van der Waals surface area contributed by atoms with Crippen LogP contribution in [-0.2, 0) is 4.74 Å². The molecule has 2 heteroatoms. The summed E-state index contributed by atoms with van der Waals surface area (Å²) in [6.45, 7) is 8.79. The molecule has 11 unspecified atom stereocenters. The fraction of sp³-hybridized carbons (Fsp3) is 1.00. The molecule has 1 N–H and O–H groups in total. The fourth-order valence-electron chi connectivity index (χ4n) is 10.0. The molecule has 6 fully saturated rings. The monoisotopic (exact) mass is 385 g/mol. The van der Waals surface area contributed by atoms with Crippen LogP contribution in [0.5, 0.6) is 0 Å². The molecule has 2 nitrogen and oxygen atoms in total. The first-order valence-corrected chi connectivity index (χ1v) is 12.9. The van der Waals surface area contributed by atoms with Gasteiger partial charge in [-0.15, -0.1) is 0 Å². The summed E-state index contributed by atoms with van der Waals surface area (Å²) in [5.41, 5.74) is 0.550. The lowest BCUT2D eigenvalue weighted by Crippen LogP contribution is -2.56. The minimum atomic E-state index is 0.00764. The maximum Gasteiger partial charge on any atom is 0.122 e. The summed E-state index contributed by atoms with van der Waals surface area (Å²) < 4.78 is 7.01. The standard InChI is InChI=1S/C26H43NO/c1-16-10-13-26(27-15-16)17(2)24-23(28-26)14-22-21-9-8-18-6-4-5-7-19(18)20(21)11-12-25(22,24)3/h16-24,27H,4-15H2,1-3H3. The van der Waals surface area contributed by atoms with Crippen molar-refractivity contribution in [2.75, 3.05) is 6.54 Å². The normalized spacial score (nSPS) is 60.8. The van der Waals surface area contributed by atoms with E-state index in [1.54, 1.807) is 25.7 Å². The lowest BCUT2D eigenvalue weighted by atomic mass is 9.49. The first-order chi connectivity index (χ1) is 13.5. The highest BCUT2D eigenvalue weighted by Gasteiger charge is 2.67. The maximum atomic E-state index is 7.01. The van der Waals surface area contributed by atoms with Gasteiger partial charge < -0.3 is 4.74 Å². The lowest BCUT2D eigenvalue weighted by molar-refractivity contribution is -0.117. The average Bonchev–Trinajstić information content (AvgIpc) is 3.15. The van der Waals surface area contributed by atoms with E-state index in [0.29, 0.717) is 17.4 Å². The maximum absolute atomic E-state index is 7.01. The molecule has 0 bridgehead atoms. The molecule has 4 saturated carbocycles. The van der Waals surface area contributed by atoms with Crippen molar-refractivity contribution in [2.24, 2.45) is 52.8 Å². The van der Waals surface area contributed by atoms with Crippen LogP contribution in [0.3, 0.4) is 0 Å². The second kappa shape index (κ2) is 6.46. The summed E-state index contributed by atoms with van der Waals surface area (Å²) in [5, 5.41) is 3.91. The van der Waals surface area contributed by atoms with E-state index in [1.165, 1.54) is 44.9 Å². The Bertz CT molecular complexity index is 610. The Balaban J connectivity index is 1.25. The summed E-state index contributed by atoms with van der Waals surface area (Å²) in [6, 6.07) is 0. The molecule has 6 rings (SSSR count). The minimum absolute atomic E-state index is 0.00764. The van der Waals surface area contributed by atoms with E-state index in [1.807, 2.05) is 0 Å². The third-order valence-corrected chi connectivity index (χ3v) is 11.4. The van der Waals surface area contributed by atoms with Gasteiger partial charge in [-0.2, -0.15) is 0 Å². The number of ether oxygens (including phenoxy) is 1. The Morgan fingerprint density at radius 3 is 2.54 bits per heavy atom. The van der Waals surface area contributed by atoms with Crippen LogP contribution in [0.4, 0.5) is 0 Å². The van der Waals surface area contributed by atoms with Crippen LogP contribution in [0, 0.1) is 52.8 Å². The van der Waals surface area contributed by atoms with Crippen LogP contribution >= 0.6 is 0 Å². The molecule has 2 saturated heterocycles. The van der Waals surface area contributed by atoms with E-state index in [2.05, 4.69) is 26.1 Å². The zero-order chi connectivity index (χ0) is 19.1. The van der Waals surface area contributed by atoms with Gasteiger partial charge in [-0.25, -0.2) is 0 Å². The summed E-state index contributed by atoms with van der Waals surface area (Å²) in [7, 11) is 0. The lowest BCUT2D eigenvalue weighted by Gasteiger charge is -2.56. The number of hydrogen-bond donors (Lipinski definition) is 1. The van der Waals surface area contributed by atoms with Gasteiger partial charge in [0.05, 0.1) is 6.10 Å². The van der Waals surface area contributed by atoms with Crippen LogP contribution in [-0.4, -0.2) is 18.4 Å². The molecule has 2 heterocycles. The van der Waals surface area contributed by atoms with E-state index in [-0.39, 0.29) is 5.72 Å². The topological polar surface area (TPSA) is 21.3 Å². The Kier molecular flexibility index (Phi) is 4.31. The summed E-state index contributed by atoms with van der Waals surface area (Å²) in [6.07, 6.45) is 16.7. The van der Waals surface area contributed by atoms with Crippen LogP contribution < -0.4 is 5.32 Å². The molecule has 6 aliphatic rings. The molecular formula is C26H43NO. The highest BCUT2D eigenvalue weighted by Crippen LogP contribution is 2.69. The molecule has 2 aliphatic heterocycles. The number of nitrogens with one attached hydrogen (secondary N) is 1. The predicted molar refractivity (Wildman–Crippen MR) is 114 cm³/mol. The zero-order valence-electron chi connectivity index (χ0n) is 18.6. The predicted octanol–water partition coefficient (Wildman–Crippen LogP) is 6.01. The quantitative estimate of drug-likeness (QED) is 0.551. The van der Waals surface area contributed by atoms with Crippen molar-refractivity contribution in [3.05, 3.63) is 0 Å². The fourth-order valence-corrected chi connectivity index (χ4v) is 10.0. The second-order valence-electron chi connectivity index (χ2n) is 12.4. The van der Waals surface area contributed by atoms with Gasteiger partial charge in [0.2, 0.25) is 0 Å². The van der Waals surface area contributed by atoms with Gasteiger partial charge in [0.25, 0.3) is 0 Å². The third kappa shape index (κ3) is 2.46. The SMILES string of the molecule is CC1CCC2(NC1)OC1CC3C4CCC5CCCCC5C4CCC3(C)C1C2C. The second-order valence-corrected chi connectivity index (χ2v) is 12.4. The number of hydrogen-bond acceptors (Lipinski definition) is 2. The molecule has 158 valence electrons. The van der Waals surface area contributed by atoms with Gasteiger partial charge in [-0.1, -0.05) is 40.0 Å². The highest BCUT2D eigenvalue weighted by molar-refractivity contribution is 5.15. The van der Waals surface area contributed by atoms with Crippen molar-refractivity contribution in [1.29, 1.82) is 0 Å². The van der Waals surface area contributed by atoms with E-state index in [4.69, 9.17) is 4.74 Å². The average molecular weight is 386 g/mol. The van der Waals surface area contributed by atoms with Gasteiger partial charge in [0.15, 0.2) is 0 Å². The molecule has 28 heavy (non-hydrogen) atoms. The first-order valence-electron chi connectivity index (χ1n) is 12.9. The Hall–Kier alpha value is -0.0800. The highest BCUT2D eigenvalue weighted by atomic mass is 16.5. The van der Waals surface area contributed by atoms with E-state index >= 15 is 0 Å². The first kappa shape index (κ1) is 18.7. The van der Waals surface area contributed by atoms with Gasteiger partial charge in [-0.3, -0.25) is 5.32 Å².